The summed E-state index contributed by atoms with van der Waals surface area (Å²) in [7, 11) is 0. The van der Waals surface area contributed by atoms with Crippen molar-refractivity contribution in [2.24, 2.45) is 22.6 Å². The largest absolute Gasteiger partial charge is 0.480 e. The number of carboxylic acid groups (broad SMARTS) is 1. The fourth-order valence-corrected chi connectivity index (χ4v) is 9.50. The molecule has 3 rings (SSSR count). The molecule has 2 aromatic carbocycles. The molecule has 33 heteroatoms. The first kappa shape index (κ1) is 74.4. The fraction of sp³-hybridized carbons (Fsp3) is 0.518. The van der Waals surface area contributed by atoms with Crippen LogP contribution in [-0.2, 0) is 60.8 Å². The molecular weight excluding hydrogens is 1190 g/mol. The third kappa shape index (κ3) is 26.2. The Bertz CT molecular complexity index is 2950. The van der Waals surface area contributed by atoms with Crippen molar-refractivity contribution >= 4 is 113 Å². The number of H-pyrrole nitrogens is 1. The van der Waals surface area contributed by atoms with E-state index in [1.54, 1.807) is 81.6 Å². The monoisotopic (exact) mass is 1280 g/mol. The summed E-state index contributed by atoms with van der Waals surface area (Å²) in [6.07, 6.45) is 0.173. The van der Waals surface area contributed by atoms with Gasteiger partial charge in [0.15, 0.2) is 17.9 Å². The summed E-state index contributed by atoms with van der Waals surface area (Å²) in [5, 5.41) is 74.7. The molecular formula is C56H87N19O12S2. The molecule has 0 spiro atoms. The van der Waals surface area contributed by atoms with Crippen LogP contribution >= 0.6 is 25.3 Å². The van der Waals surface area contributed by atoms with Crippen molar-refractivity contribution in [2.75, 3.05) is 31.1 Å². The van der Waals surface area contributed by atoms with Crippen LogP contribution in [0.5, 0.6) is 0 Å². The first-order chi connectivity index (χ1) is 41.9. The van der Waals surface area contributed by atoms with E-state index in [1.807, 2.05) is 0 Å². The maximum absolute atomic E-state index is 14.8. The Kier molecular flexibility index (Phi) is 31.0. The second-order valence-corrected chi connectivity index (χ2v) is 22.8. The summed E-state index contributed by atoms with van der Waals surface area (Å²) in [5.74, 6) is -11.0. The molecule has 0 unspecified atom stereocenters. The number of hydrogen-bond acceptors (Lipinski definition) is 16. The van der Waals surface area contributed by atoms with Gasteiger partial charge in [-0.3, -0.25) is 59.4 Å². The molecule has 0 fully saturated rings. The zero-order valence-corrected chi connectivity index (χ0v) is 52.1. The maximum Gasteiger partial charge on any atom is 0.326 e. The van der Waals surface area contributed by atoms with Crippen molar-refractivity contribution in [3.05, 3.63) is 71.9 Å². The number of fused-ring (bicyclic) bond motifs is 1. The molecule has 24 N–H and O–H groups in total. The molecule has 0 saturated heterocycles. The van der Waals surface area contributed by atoms with Crippen LogP contribution in [0.4, 0.5) is 0 Å². The second-order valence-electron chi connectivity index (χ2n) is 22.1. The van der Waals surface area contributed by atoms with E-state index in [9.17, 15) is 58.2 Å². The first-order valence-corrected chi connectivity index (χ1v) is 29.9. The van der Waals surface area contributed by atoms with Crippen LogP contribution in [0.25, 0.3) is 10.9 Å². The number of aromatic nitrogens is 1. The zero-order valence-electron chi connectivity index (χ0n) is 50.3. The number of amides is 9. The van der Waals surface area contributed by atoms with Gasteiger partial charge in [0.2, 0.25) is 53.2 Å². The average molecular weight is 1280 g/mol. The van der Waals surface area contributed by atoms with Crippen molar-refractivity contribution in [3.63, 3.8) is 0 Å². The van der Waals surface area contributed by atoms with Gasteiger partial charge in [-0.25, -0.2) is 4.79 Å². The van der Waals surface area contributed by atoms with E-state index in [1.165, 1.54) is 13.8 Å². The number of hydrogen-bond donors (Lipinski definition) is 23. The van der Waals surface area contributed by atoms with Gasteiger partial charge in [0, 0.05) is 68.0 Å². The van der Waals surface area contributed by atoms with Crippen molar-refractivity contribution in [3.8, 4) is 0 Å². The molecule has 0 aliphatic carbocycles. The van der Waals surface area contributed by atoms with Crippen LogP contribution in [0.1, 0.15) is 84.3 Å². The molecule has 1 aromatic heterocycles. The number of aliphatic carboxylic acids is 1. The Morgan fingerprint density at radius 3 is 1.35 bits per heavy atom. The number of carboxylic acids is 1. The predicted octanol–water partition coefficient (Wildman–Crippen LogP) is -3.50. The third-order valence-corrected chi connectivity index (χ3v) is 14.4. The zero-order chi connectivity index (χ0) is 66.5. The smallest absolute Gasteiger partial charge is 0.326 e. The van der Waals surface area contributed by atoms with Crippen LogP contribution in [0.15, 0.2) is 60.8 Å². The van der Waals surface area contributed by atoms with Gasteiger partial charge in [-0.15, -0.1) is 0 Å². The molecule has 31 nitrogen and oxygen atoms in total. The molecule has 0 bridgehead atoms. The Labute approximate surface area is 526 Å². The number of aliphatic hydroxyl groups excluding tert-OH is 1. The summed E-state index contributed by atoms with van der Waals surface area (Å²) >= 11 is 8.57. The number of thiol groups is 2. The summed E-state index contributed by atoms with van der Waals surface area (Å²) in [5.41, 5.74) is 17.1. The fourth-order valence-electron chi connectivity index (χ4n) is 8.99. The Balaban J connectivity index is 1.95. The number of guanidine groups is 3. The van der Waals surface area contributed by atoms with Gasteiger partial charge in [-0.2, -0.15) is 25.3 Å². The highest BCUT2D eigenvalue weighted by Crippen LogP contribution is 2.21. The molecule has 3 aromatic rings. The molecule has 0 saturated carbocycles. The van der Waals surface area contributed by atoms with Gasteiger partial charge >= 0.3 is 5.97 Å². The summed E-state index contributed by atoms with van der Waals surface area (Å²) in [6, 6.07) is 2.61. The number of para-hydroxylation sites is 1. The van der Waals surface area contributed by atoms with Crippen LogP contribution in [-0.4, -0.2) is 184 Å². The van der Waals surface area contributed by atoms with Crippen LogP contribution in [0, 0.1) is 21.6 Å². The molecule has 0 radical (unpaired) electrons. The lowest BCUT2D eigenvalue weighted by molar-refractivity contribution is -0.145. The lowest BCUT2D eigenvalue weighted by Crippen LogP contribution is -2.62. The highest BCUT2D eigenvalue weighted by Gasteiger charge is 2.38. The standard InChI is InChI=1S/C56H87N19O12S2/c1-29(76)42(51(85)69-37(20-13-23-65-55(61)62)46(80)75-43(52(86)87)56(3,4)5)74-50(84)41(28-89)73-49(83)40(27-88)72-48(82)39(25-32-26-66-34-17-10-9-16-33(32)34)71-47(81)38(24-31-14-7-6-8-15-31)70-45(79)36(19-12-22-64-54(59)60)68-44(78)35(67-30(2)77)18-11-21-63-53(57)58/h6-10,14-17,26,29,35-43,66,76,88-89H,11-13,18-25,27-28H2,1-5H3,(H,67,77)(H,68,78)(H,69,85)(H,70,79)(H,71,81)(H,72,82)(H,73,83)(H,74,84)(H,75,80)(H,86,87)(H4,57,58,63)(H4,59,60,64)(H4,61,62,65)/t29-,35+,36+,37+,38+,39+,40+,41+,42+,43-/m1/s1. The third-order valence-electron chi connectivity index (χ3n) is 13.7. The van der Waals surface area contributed by atoms with Gasteiger partial charge in [0.05, 0.1) is 6.10 Å². The number of nitrogens with two attached hydrogens (primary N) is 3. The first-order valence-electron chi connectivity index (χ1n) is 28.6. The highest BCUT2D eigenvalue weighted by molar-refractivity contribution is 7.80. The minimum Gasteiger partial charge on any atom is -0.480 e. The van der Waals surface area contributed by atoms with Crippen LogP contribution in [0.3, 0.4) is 0 Å². The Hall–Kier alpha value is -8.85. The predicted molar refractivity (Wildman–Crippen MR) is 339 cm³/mol. The minimum absolute atomic E-state index is 0.0549. The van der Waals surface area contributed by atoms with Crippen molar-refractivity contribution in [1.29, 1.82) is 16.2 Å². The molecule has 9 amide bonds. The molecule has 1 heterocycles. The van der Waals surface area contributed by atoms with E-state index in [4.69, 9.17) is 33.4 Å². The maximum atomic E-state index is 14.8. The lowest BCUT2D eigenvalue weighted by Gasteiger charge is -2.30. The number of benzene rings is 2. The lowest BCUT2D eigenvalue weighted by atomic mass is 9.86. The van der Waals surface area contributed by atoms with Gasteiger partial charge < -0.3 is 96.2 Å². The topological polar surface area (TPSA) is 521 Å². The summed E-state index contributed by atoms with van der Waals surface area (Å²) in [6.45, 7) is 7.52. The summed E-state index contributed by atoms with van der Waals surface area (Å²) < 4.78 is 0. The second kappa shape index (κ2) is 37.1. The van der Waals surface area contributed by atoms with Gasteiger partial charge in [0.25, 0.3) is 0 Å². The Morgan fingerprint density at radius 1 is 0.528 bits per heavy atom. The quantitative estimate of drug-likeness (QED) is 0.0115. The van der Waals surface area contributed by atoms with E-state index in [2.05, 4.69) is 94.0 Å². The van der Waals surface area contributed by atoms with Gasteiger partial charge in [-0.1, -0.05) is 69.3 Å². The molecule has 490 valence electrons. The molecule has 0 aliphatic heterocycles. The van der Waals surface area contributed by atoms with Crippen LogP contribution < -0.4 is 81.0 Å². The number of rotatable bonds is 37. The highest BCUT2D eigenvalue weighted by atomic mass is 32.1. The Morgan fingerprint density at radius 2 is 0.910 bits per heavy atom. The molecule has 89 heavy (non-hydrogen) atoms. The van der Waals surface area contributed by atoms with Crippen molar-refractivity contribution in [1.82, 2.24) is 68.8 Å². The molecule has 10 atom stereocenters. The van der Waals surface area contributed by atoms with Crippen LogP contribution in [0.2, 0.25) is 0 Å². The van der Waals surface area contributed by atoms with Gasteiger partial charge in [-0.05, 0) is 68.1 Å². The SMILES string of the molecule is CC(=O)N[C@@H](CCCNC(=N)N)C(=O)N[C@@H](CCCNC(=N)N)C(=O)N[C@@H](Cc1ccccc1)C(=O)N[C@@H](Cc1c[nH]c2ccccc12)C(=O)N[C@@H](CS)C(=O)N[C@@H](CS)C(=O)N[C@H](C(=O)N[C@@H](CCCNC(=N)N)C(=O)N[C@H](C(=O)O)C(C)(C)C)[C@@H](C)O. The van der Waals surface area contributed by atoms with E-state index in [0.717, 1.165) is 0 Å². The average Bonchev–Trinajstić information content (AvgIpc) is 2.41. The normalized spacial score (nSPS) is 14.5. The van der Waals surface area contributed by atoms with E-state index in [-0.39, 0.29) is 94.6 Å². The number of carbonyl (C=O) groups excluding carboxylic acids is 9. The van der Waals surface area contributed by atoms with Gasteiger partial charge in [0.1, 0.15) is 54.4 Å². The summed E-state index contributed by atoms with van der Waals surface area (Å²) in [4.78, 5) is 141. The van der Waals surface area contributed by atoms with Crippen molar-refractivity contribution in [2.45, 2.75) is 146 Å². The van der Waals surface area contributed by atoms with E-state index < -0.39 is 131 Å². The van der Waals surface area contributed by atoms with Crippen molar-refractivity contribution < 1.29 is 58.2 Å². The van der Waals surface area contributed by atoms with E-state index >= 15 is 0 Å². The minimum atomic E-state index is -1.77. The number of carbonyl (C=O) groups is 10. The number of nitrogens with one attached hydrogen (secondary N) is 16. The number of aliphatic hydroxyl groups is 1. The molecule has 0 aliphatic rings. The van der Waals surface area contributed by atoms with E-state index in [0.29, 0.717) is 22.0 Å². The number of aromatic amines is 1.